The highest BCUT2D eigenvalue weighted by atomic mass is 16.5. The molecule has 0 fully saturated rings. The predicted molar refractivity (Wildman–Crippen MR) is 44.5 cm³/mol. The maximum absolute atomic E-state index is 11.4. The molecule has 0 aromatic heterocycles. The lowest BCUT2D eigenvalue weighted by molar-refractivity contribution is -0.138. The van der Waals surface area contributed by atoms with Crippen LogP contribution in [-0.2, 0) is 14.3 Å². The number of aliphatic hydroxyl groups is 1. The van der Waals surface area contributed by atoms with Crippen LogP contribution in [0.1, 0.15) is 11.0 Å². The Morgan fingerprint density at radius 2 is 2.23 bits per heavy atom. The average Bonchev–Trinajstić information content (AvgIpc) is 2.20. The van der Waals surface area contributed by atoms with Crippen molar-refractivity contribution in [1.29, 1.82) is 0 Å². The third kappa shape index (κ3) is 1.09. The van der Waals surface area contributed by atoms with Crippen LogP contribution in [0.25, 0.3) is 0 Å². The molecule has 1 rings (SSSR count). The Morgan fingerprint density at radius 3 is 2.69 bits per heavy atom. The fourth-order valence-corrected chi connectivity index (χ4v) is 1.10. The molecule has 0 radical (unpaired) electrons. The van der Waals surface area contributed by atoms with E-state index in [-0.39, 0.29) is 11.5 Å². The zero-order chi connectivity index (χ0) is 12.6. The van der Waals surface area contributed by atoms with Gasteiger partial charge >= 0.3 is 0 Å². The number of methoxy groups -OCH3 is 2. The zero-order valence-corrected chi connectivity index (χ0v) is 7.17. The number of carbonyl (C=O) groups is 1. The van der Waals surface area contributed by atoms with Crippen molar-refractivity contribution in [2.24, 2.45) is 0 Å². The maximum atomic E-state index is 11.4. The predicted octanol–water partition coefficient (Wildman–Crippen LogP) is -0.172. The molecule has 1 atom stereocenters. The van der Waals surface area contributed by atoms with Crippen molar-refractivity contribution in [3.8, 4) is 11.8 Å². The van der Waals surface area contributed by atoms with Gasteiger partial charge in [-0.2, -0.15) is 0 Å². The Kier molecular flexibility index (Phi) is 1.45. The van der Waals surface area contributed by atoms with Crippen LogP contribution in [0.15, 0.2) is 11.5 Å². The van der Waals surface area contributed by atoms with Crippen LogP contribution >= 0.6 is 0 Å². The highest BCUT2D eigenvalue weighted by Gasteiger charge is 2.55. The molecule has 1 N–H and O–H groups in total. The molecule has 0 aromatic rings. The summed E-state index contributed by atoms with van der Waals surface area (Å²) in [4.78, 5) is 11.4. The van der Waals surface area contributed by atoms with E-state index in [0.717, 1.165) is 0 Å². The normalized spacial score (nSPS) is 30.4. The van der Waals surface area contributed by atoms with Crippen LogP contribution in [0.2, 0.25) is 0 Å². The lowest BCUT2D eigenvalue weighted by Crippen LogP contribution is -2.51. The molecular weight excluding hydrogens is 172 g/mol. The first-order valence-electron chi connectivity index (χ1n) is 4.90. The number of ether oxygens (including phenoxy) is 2. The van der Waals surface area contributed by atoms with E-state index in [9.17, 15) is 9.90 Å². The van der Waals surface area contributed by atoms with Crippen molar-refractivity contribution in [3.63, 3.8) is 0 Å². The first-order chi connectivity index (χ1) is 7.26. The number of ketones is 1. The fourth-order valence-electron chi connectivity index (χ4n) is 1.10. The lowest BCUT2D eigenvalue weighted by atomic mass is 9.83. The molecule has 0 spiro atoms. The molecule has 0 aliphatic heterocycles. The van der Waals surface area contributed by atoms with Crippen LogP contribution in [0.5, 0.6) is 0 Å². The standard InChI is InChI=1S/C9H10O4/c1-4-5-9(11)7(10)6(12-2)8(9)13-3/h11H,1-3H3/i1D3. The van der Waals surface area contributed by atoms with E-state index in [2.05, 4.69) is 4.74 Å². The first-order valence-corrected chi connectivity index (χ1v) is 3.40. The Morgan fingerprint density at radius 1 is 1.54 bits per heavy atom. The minimum Gasteiger partial charge on any atom is -0.493 e. The van der Waals surface area contributed by atoms with Gasteiger partial charge in [-0.3, -0.25) is 4.79 Å². The summed E-state index contributed by atoms with van der Waals surface area (Å²) in [5.41, 5.74) is -2.20. The average molecular weight is 185 g/mol. The van der Waals surface area contributed by atoms with E-state index in [0.29, 0.717) is 0 Å². The highest BCUT2D eigenvalue weighted by molar-refractivity contribution is 6.12. The zero-order valence-electron chi connectivity index (χ0n) is 10.2. The van der Waals surface area contributed by atoms with Crippen molar-refractivity contribution >= 4 is 5.78 Å². The Balaban J connectivity index is 3.10. The largest absolute Gasteiger partial charge is 0.493 e. The number of carbonyl (C=O) groups excluding carboxylic acids is 1. The van der Waals surface area contributed by atoms with Gasteiger partial charge in [0.05, 0.1) is 14.2 Å². The topological polar surface area (TPSA) is 55.8 Å². The Bertz CT molecular complexity index is 413. The molecule has 4 nitrogen and oxygen atoms in total. The van der Waals surface area contributed by atoms with Gasteiger partial charge in [0.1, 0.15) is 0 Å². The number of hydrogen-bond acceptors (Lipinski definition) is 4. The van der Waals surface area contributed by atoms with E-state index in [4.69, 9.17) is 8.85 Å². The van der Waals surface area contributed by atoms with E-state index in [1.807, 2.05) is 11.8 Å². The molecule has 0 amide bonds. The molecule has 0 heterocycles. The van der Waals surface area contributed by atoms with Gasteiger partial charge in [0.2, 0.25) is 5.76 Å². The van der Waals surface area contributed by atoms with Gasteiger partial charge in [-0.05, 0) is 6.85 Å². The second-order valence-electron chi connectivity index (χ2n) is 2.36. The van der Waals surface area contributed by atoms with Crippen LogP contribution in [0.4, 0.5) is 0 Å². The number of Topliss-reactive ketones (excluding diaryl/α,β-unsaturated/α-hetero) is 1. The molecule has 1 aliphatic rings. The molecular formula is C9H10O4. The quantitative estimate of drug-likeness (QED) is 0.607. The van der Waals surface area contributed by atoms with Gasteiger partial charge in [-0.15, -0.1) is 5.92 Å². The summed E-state index contributed by atoms with van der Waals surface area (Å²) in [6.07, 6.45) is 0. The molecule has 13 heavy (non-hydrogen) atoms. The summed E-state index contributed by atoms with van der Waals surface area (Å²) < 4.78 is 29.9. The summed E-state index contributed by atoms with van der Waals surface area (Å²) in [6, 6.07) is 0. The van der Waals surface area contributed by atoms with Gasteiger partial charge in [-0.1, -0.05) is 5.92 Å². The molecule has 0 bridgehead atoms. The summed E-state index contributed by atoms with van der Waals surface area (Å²) in [5, 5.41) is 9.77. The minimum absolute atomic E-state index is 0.148. The van der Waals surface area contributed by atoms with Gasteiger partial charge in [0.15, 0.2) is 5.76 Å². The monoisotopic (exact) mass is 185 g/mol. The number of rotatable bonds is 2. The van der Waals surface area contributed by atoms with Crippen molar-refractivity contribution in [2.45, 2.75) is 12.5 Å². The van der Waals surface area contributed by atoms with Crippen molar-refractivity contribution in [1.82, 2.24) is 0 Å². The van der Waals surface area contributed by atoms with Crippen molar-refractivity contribution in [3.05, 3.63) is 11.5 Å². The fraction of sp³-hybridized carbons (Fsp3) is 0.444. The third-order valence-electron chi connectivity index (χ3n) is 1.72. The Hall–Kier alpha value is -1.47. The van der Waals surface area contributed by atoms with Crippen LogP contribution in [0, 0.1) is 11.8 Å². The smallest absolute Gasteiger partial charge is 0.254 e. The second-order valence-corrected chi connectivity index (χ2v) is 2.36. The van der Waals surface area contributed by atoms with Crippen LogP contribution in [0.3, 0.4) is 0 Å². The van der Waals surface area contributed by atoms with E-state index < -0.39 is 18.2 Å². The molecule has 70 valence electrons. The SMILES string of the molecule is [2H]C([2H])([2H])C#CC1(O)C(=O)C(OC)=C1OC. The summed E-state index contributed by atoms with van der Waals surface area (Å²) in [7, 11) is 2.46. The number of hydrogen-bond donors (Lipinski definition) is 1. The lowest BCUT2D eigenvalue weighted by Gasteiger charge is -2.32. The molecule has 1 unspecified atom stereocenters. The molecule has 0 saturated carbocycles. The second kappa shape index (κ2) is 3.11. The van der Waals surface area contributed by atoms with Gasteiger partial charge in [0.25, 0.3) is 11.4 Å². The van der Waals surface area contributed by atoms with Crippen LogP contribution < -0.4 is 0 Å². The molecule has 0 aromatic carbocycles. The molecule has 0 saturated heterocycles. The van der Waals surface area contributed by atoms with Gasteiger partial charge in [0, 0.05) is 4.11 Å². The summed E-state index contributed by atoms with van der Waals surface area (Å²) in [5.74, 6) is 2.67. The van der Waals surface area contributed by atoms with Crippen LogP contribution in [-0.4, -0.2) is 30.7 Å². The van der Waals surface area contributed by atoms with E-state index in [1.165, 1.54) is 14.2 Å². The Labute approximate surface area is 80.4 Å². The van der Waals surface area contributed by atoms with Gasteiger partial charge in [-0.25, -0.2) is 0 Å². The van der Waals surface area contributed by atoms with Crippen molar-refractivity contribution < 1.29 is 23.5 Å². The van der Waals surface area contributed by atoms with Crippen molar-refractivity contribution in [2.75, 3.05) is 14.2 Å². The minimum atomic E-state index is -2.54. The van der Waals surface area contributed by atoms with E-state index >= 15 is 0 Å². The molecule has 4 heteroatoms. The first kappa shape index (κ1) is 6.06. The maximum Gasteiger partial charge on any atom is 0.254 e. The van der Waals surface area contributed by atoms with Gasteiger partial charge < -0.3 is 14.6 Å². The summed E-state index contributed by atoms with van der Waals surface area (Å²) in [6.45, 7) is -2.54. The third-order valence-corrected chi connectivity index (χ3v) is 1.72. The summed E-state index contributed by atoms with van der Waals surface area (Å²) >= 11 is 0. The molecule has 1 aliphatic carbocycles. The highest BCUT2D eigenvalue weighted by Crippen LogP contribution is 2.35. The van der Waals surface area contributed by atoms with E-state index in [1.54, 1.807) is 0 Å².